The summed E-state index contributed by atoms with van der Waals surface area (Å²) >= 11 is 1.79. The van der Waals surface area contributed by atoms with Gasteiger partial charge in [-0.25, -0.2) is 0 Å². The topological polar surface area (TPSA) is 41.5 Å². The van der Waals surface area contributed by atoms with Gasteiger partial charge in [-0.15, -0.1) is 0 Å². The number of rotatable bonds is 10. The molecular formula is C16H27NO2S. The van der Waals surface area contributed by atoms with Crippen molar-refractivity contribution in [1.29, 1.82) is 0 Å². The molecule has 0 bridgehead atoms. The molecule has 0 aliphatic rings. The van der Waals surface area contributed by atoms with E-state index in [1.54, 1.807) is 11.8 Å². The smallest absolute Gasteiger partial charge is 0.124 e. The highest BCUT2D eigenvalue weighted by Gasteiger charge is 2.16. The molecule has 1 aromatic rings. The molecule has 20 heavy (non-hydrogen) atoms. The number of aliphatic hydroxyl groups excluding tert-OH is 1. The lowest BCUT2D eigenvalue weighted by molar-refractivity contribution is 0.300. The Bertz CT molecular complexity index is 373. The largest absolute Gasteiger partial charge is 0.494 e. The number of hydrogen-bond donors (Lipinski definition) is 2. The van der Waals surface area contributed by atoms with Gasteiger partial charge in [-0.2, -0.15) is 11.8 Å². The quantitative estimate of drug-likeness (QED) is 0.695. The molecule has 3 nitrogen and oxygen atoms in total. The monoisotopic (exact) mass is 297 g/mol. The molecule has 114 valence electrons. The molecule has 1 aromatic carbocycles. The average Bonchev–Trinajstić information content (AvgIpc) is 2.48. The Hall–Kier alpha value is -0.710. The van der Waals surface area contributed by atoms with Crippen LogP contribution in [0.3, 0.4) is 0 Å². The average molecular weight is 297 g/mol. The van der Waals surface area contributed by atoms with Crippen molar-refractivity contribution in [3.05, 3.63) is 29.8 Å². The molecule has 0 amide bonds. The van der Waals surface area contributed by atoms with Gasteiger partial charge in [0.1, 0.15) is 5.75 Å². The van der Waals surface area contributed by atoms with E-state index in [0.29, 0.717) is 6.61 Å². The lowest BCUT2D eigenvalue weighted by atomic mass is 10.1. The van der Waals surface area contributed by atoms with E-state index in [1.807, 2.05) is 19.1 Å². The van der Waals surface area contributed by atoms with Crippen molar-refractivity contribution < 1.29 is 9.84 Å². The highest BCUT2D eigenvalue weighted by molar-refractivity contribution is 7.99. The Morgan fingerprint density at radius 1 is 1.30 bits per heavy atom. The summed E-state index contributed by atoms with van der Waals surface area (Å²) in [5.74, 6) is 1.90. The van der Waals surface area contributed by atoms with E-state index in [1.165, 1.54) is 5.56 Å². The van der Waals surface area contributed by atoms with Crippen LogP contribution in [0.5, 0.6) is 5.75 Å². The second-order valence-corrected chi connectivity index (χ2v) is 6.28. The van der Waals surface area contributed by atoms with E-state index < -0.39 is 0 Å². The molecule has 4 heteroatoms. The molecule has 0 saturated carbocycles. The Morgan fingerprint density at radius 3 is 2.70 bits per heavy atom. The van der Waals surface area contributed by atoms with Gasteiger partial charge in [0, 0.05) is 22.6 Å². The van der Waals surface area contributed by atoms with Crippen LogP contribution >= 0.6 is 11.8 Å². The second kappa shape index (κ2) is 10.1. The van der Waals surface area contributed by atoms with Crippen LogP contribution in [0.4, 0.5) is 0 Å². The zero-order valence-corrected chi connectivity index (χ0v) is 13.6. The lowest BCUT2D eigenvalue weighted by Crippen LogP contribution is -2.25. The normalized spacial score (nSPS) is 14.0. The van der Waals surface area contributed by atoms with Crippen LogP contribution < -0.4 is 10.1 Å². The van der Waals surface area contributed by atoms with Crippen LogP contribution in [0, 0.1) is 0 Å². The Balaban J connectivity index is 2.80. The summed E-state index contributed by atoms with van der Waals surface area (Å²) in [6.45, 7) is 8.11. The van der Waals surface area contributed by atoms with Gasteiger partial charge in [0.2, 0.25) is 0 Å². The van der Waals surface area contributed by atoms with Crippen LogP contribution in [-0.2, 0) is 0 Å². The molecule has 0 aliphatic heterocycles. The molecule has 0 saturated heterocycles. The van der Waals surface area contributed by atoms with Crippen LogP contribution in [0.1, 0.15) is 38.8 Å². The number of aliphatic hydroxyl groups is 1. The second-order valence-electron chi connectivity index (χ2n) is 4.80. The van der Waals surface area contributed by atoms with Crippen molar-refractivity contribution in [1.82, 2.24) is 5.32 Å². The molecule has 2 atom stereocenters. The van der Waals surface area contributed by atoms with Gasteiger partial charge in [-0.1, -0.05) is 32.0 Å². The van der Waals surface area contributed by atoms with E-state index >= 15 is 0 Å². The van der Waals surface area contributed by atoms with E-state index in [2.05, 4.69) is 31.3 Å². The predicted molar refractivity (Wildman–Crippen MR) is 87.7 cm³/mol. The SMILES string of the molecule is CCCNC(CSC(C)CO)c1ccccc1OCC. The molecule has 0 aliphatic carbocycles. The van der Waals surface area contributed by atoms with Crippen molar-refractivity contribution >= 4 is 11.8 Å². The fourth-order valence-electron chi connectivity index (χ4n) is 1.95. The van der Waals surface area contributed by atoms with E-state index in [0.717, 1.165) is 24.5 Å². The summed E-state index contributed by atoms with van der Waals surface area (Å²) in [7, 11) is 0. The molecule has 0 spiro atoms. The first-order valence-electron chi connectivity index (χ1n) is 7.40. The summed E-state index contributed by atoms with van der Waals surface area (Å²) in [6.07, 6.45) is 1.10. The van der Waals surface area contributed by atoms with Crippen LogP contribution in [0.2, 0.25) is 0 Å². The standard InChI is InChI=1S/C16H27NO2S/c1-4-10-17-15(12-20-13(3)11-18)14-8-6-7-9-16(14)19-5-2/h6-9,13,15,17-18H,4-5,10-12H2,1-3H3. The van der Waals surface area contributed by atoms with Gasteiger partial charge >= 0.3 is 0 Å². The maximum atomic E-state index is 9.17. The lowest BCUT2D eigenvalue weighted by Gasteiger charge is -2.22. The molecule has 0 aromatic heterocycles. The minimum Gasteiger partial charge on any atom is -0.494 e. The Kier molecular flexibility index (Phi) is 8.74. The van der Waals surface area contributed by atoms with Crippen molar-refractivity contribution in [3.8, 4) is 5.75 Å². The first-order valence-corrected chi connectivity index (χ1v) is 8.45. The third-order valence-electron chi connectivity index (χ3n) is 3.04. The highest BCUT2D eigenvalue weighted by Crippen LogP contribution is 2.28. The zero-order valence-electron chi connectivity index (χ0n) is 12.8. The van der Waals surface area contributed by atoms with Gasteiger partial charge in [-0.3, -0.25) is 0 Å². The van der Waals surface area contributed by atoms with Gasteiger partial charge in [0.15, 0.2) is 0 Å². The van der Waals surface area contributed by atoms with Crippen LogP contribution in [0.25, 0.3) is 0 Å². The Labute approximate surface area is 127 Å². The third-order valence-corrected chi connectivity index (χ3v) is 4.28. The van der Waals surface area contributed by atoms with Gasteiger partial charge < -0.3 is 15.2 Å². The molecular weight excluding hydrogens is 270 g/mol. The maximum Gasteiger partial charge on any atom is 0.124 e. The van der Waals surface area contributed by atoms with Crippen molar-refractivity contribution in [3.63, 3.8) is 0 Å². The maximum absolute atomic E-state index is 9.17. The molecule has 0 heterocycles. The summed E-state index contributed by atoms with van der Waals surface area (Å²) in [5.41, 5.74) is 1.21. The molecule has 0 fully saturated rings. The summed E-state index contributed by atoms with van der Waals surface area (Å²) in [4.78, 5) is 0. The molecule has 1 rings (SSSR count). The van der Waals surface area contributed by atoms with E-state index in [4.69, 9.17) is 9.84 Å². The third kappa shape index (κ3) is 5.73. The zero-order chi connectivity index (χ0) is 14.8. The van der Waals surface area contributed by atoms with E-state index in [9.17, 15) is 0 Å². The molecule has 2 N–H and O–H groups in total. The van der Waals surface area contributed by atoms with E-state index in [-0.39, 0.29) is 17.9 Å². The molecule has 0 radical (unpaired) electrons. The first-order chi connectivity index (χ1) is 9.72. The predicted octanol–water partition coefficient (Wildman–Crippen LogP) is 3.24. The number of benzene rings is 1. The van der Waals surface area contributed by atoms with Crippen molar-refractivity contribution in [2.24, 2.45) is 0 Å². The fraction of sp³-hybridized carbons (Fsp3) is 0.625. The van der Waals surface area contributed by atoms with Crippen LogP contribution in [-0.4, -0.2) is 35.9 Å². The highest BCUT2D eigenvalue weighted by atomic mass is 32.2. The van der Waals surface area contributed by atoms with Gasteiger partial charge in [0.25, 0.3) is 0 Å². The number of hydrogen-bond acceptors (Lipinski definition) is 4. The summed E-state index contributed by atoms with van der Waals surface area (Å²) in [5, 5.41) is 13.0. The molecule has 2 unspecified atom stereocenters. The first kappa shape index (κ1) is 17.3. The van der Waals surface area contributed by atoms with Crippen molar-refractivity contribution in [2.45, 2.75) is 38.5 Å². The number of nitrogens with one attached hydrogen (secondary N) is 1. The Morgan fingerprint density at radius 2 is 2.05 bits per heavy atom. The fourth-order valence-corrected chi connectivity index (χ4v) is 2.87. The van der Waals surface area contributed by atoms with Gasteiger partial charge in [0.05, 0.1) is 13.2 Å². The number of thioether (sulfide) groups is 1. The number of para-hydroxylation sites is 1. The summed E-state index contributed by atoms with van der Waals surface area (Å²) < 4.78 is 5.73. The van der Waals surface area contributed by atoms with Crippen LogP contribution in [0.15, 0.2) is 24.3 Å². The minimum absolute atomic E-state index is 0.221. The summed E-state index contributed by atoms with van der Waals surface area (Å²) in [6, 6.07) is 8.48. The minimum atomic E-state index is 0.221. The van der Waals surface area contributed by atoms with Gasteiger partial charge in [-0.05, 0) is 26.0 Å². The van der Waals surface area contributed by atoms with Crippen molar-refractivity contribution in [2.75, 3.05) is 25.5 Å². The number of ether oxygens (including phenoxy) is 1.